The number of methoxy groups -OCH3 is 1. The third-order valence-electron chi connectivity index (χ3n) is 4.91. The number of benzene rings is 1. The molecule has 1 saturated heterocycles. The van der Waals surface area contributed by atoms with E-state index in [1.807, 2.05) is 18.7 Å². The smallest absolute Gasteiger partial charge is 0.254 e. The molecular weight excluding hydrogens is 332 g/mol. The maximum atomic E-state index is 12.8. The van der Waals surface area contributed by atoms with Gasteiger partial charge in [-0.2, -0.15) is 0 Å². The molecule has 1 aromatic heterocycles. The molecule has 6 nitrogen and oxygen atoms in total. The number of likely N-dealkylation sites (tertiary alicyclic amines) is 1. The predicted molar refractivity (Wildman–Crippen MR) is 97.6 cm³/mol. The van der Waals surface area contributed by atoms with Gasteiger partial charge < -0.3 is 18.9 Å². The fourth-order valence-electron chi connectivity index (χ4n) is 3.33. The lowest BCUT2D eigenvalue weighted by Gasteiger charge is -2.31. The number of hydrogen-bond donors (Lipinski definition) is 0. The number of aromatic nitrogens is 1. The van der Waals surface area contributed by atoms with Crippen molar-refractivity contribution in [2.24, 2.45) is 5.92 Å². The molecule has 140 valence electrons. The minimum absolute atomic E-state index is 0.0483. The van der Waals surface area contributed by atoms with Crippen LogP contribution >= 0.6 is 0 Å². The Labute approximate surface area is 154 Å². The van der Waals surface area contributed by atoms with Crippen molar-refractivity contribution in [1.29, 1.82) is 0 Å². The van der Waals surface area contributed by atoms with Gasteiger partial charge in [-0.05, 0) is 50.8 Å². The van der Waals surface area contributed by atoms with Gasteiger partial charge >= 0.3 is 0 Å². The number of amides is 1. The number of nitrogens with zero attached hydrogens (tertiary/aromatic N) is 2. The van der Waals surface area contributed by atoms with Gasteiger partial charge in [-0.25, -0.2) is 0 Å². The van der Waals surface area contributed by atoms with Gasteiger partial charge in [-0.3, -0.25) is 4.79 Å². The lowest BCUT2D eigenvalue weighted by atomic mass is 9.99. The van der Waals surface area contributed by atoms with E-state index >= 15 is 0 Å². The summed E-state index contributed by atoms with van der Waals surface area (Å²) in [6.07, 6.45) is 2.24. The largest absolute Gasteiger partial charge is 0.493 e. The zero-order valence-electron chi connectivity index (χ0n) is 15.9. The Balaban J connectivity index is 1.74. The molecule has 1 amide bonds. The molecule has 1 aliphatic rings. The Morgan fingerprint density at radius 1 is 1.35 bits per heavy atom. The molecular formula is C20H26N2O4. The van der Waals surface area contributed by atoms with Crippen LogP contribution in [-0.2, 0) is 6.61 Å². The van der Waals surface area contributed by atoms with E-state index in [0.29, 0.717) is 29.6 Å². The van der Waals surface area contributed by atoms with Gasteiger partial charge in [0.1, 0.15) is 12.4 Å². The van der Waals surface area contributed by atoms with Gasteiger partial charge in [0.25, 0.3) is 5.91 Å². The molecule has 0 aliphatic carbocycles. The predicted octanol–water partition coefficient (Wildman–Crippen LogP) is 3.75. The van der Waals surface area contributed by atoms with E-state index in [4.69, 9.17) is 14.0 Å². The van der Waals surface area contributed by atoms with Crippen molar-refractivity contribution < 1.29 is 18.8 Å². The number of rotatable bonds is 5. The average Bonchev–Trinajstić information content (AvgIpc) is 2.97. The highest BCUT2D eigenvalue weighted by Gasteiger charge is 2.23. The number of piperidine rings is 1. The van der Waals surface area contributed by atoms with E-state index in [-0.39, 0.29) is 5.91 Å². The zero-order valence-corrected chi connectivity index (χ0v) is 15.9. The quantitative estimate of drug-likeness (QED) is 0.814. The average molecular weight is 358 g/mol. The van der Waals surface area contributed by atoms with Crippen LogP contribution in [0.2, 0.25) is 0 Å². The highest BCUT2D eigenvalue weighted by molar-refractivity contribution is 5.95. The van der Waals surface area contributed by atoms with Crippen molar-refractivity contribution in [3.63, 3.8) is 0 Å². The highest BCUT2D eigenvalue weighted by atomic mass is 16.5. The van der Waals surface area contributed by atoms with Gasteiger partial charge in [0.15, 0.2) is 11.5 Å². The van der Waals surface area contributed by atoms with Gasteiger partial charge in [0.05, 0.1) is 18.4 Å². The molecule has 26 heavy (non-hydrogen) atoms. The van der Waals surface area contributed by atoms with Crippen LogP contribution in [0.4, 0.5) is 0 Å². The number of hydrogen-bond acceptors (Lipinski definition) is 5. The van der Waals surface area contributed by atoms with Crippen LogP contribution in [0.5, 0.6) is 11.5 Å². The first-order valence-electron chi connectivity index (χ1n) is 9.01. The topological polar surface area (TPSA) is 64.8 Å². The molecule has 0 saturated carbocycles. The third kappa shape index (κ3) is 3.84. The van der Waals surface area contributed by atoms with Crippen molar-refractivity contribution in [2.75, 3.05) is 20.2 Å². The summed E-state index contributed by atoms with van der Waals surface area (Å²) in [6.45, 7) is 7.90. The lowest BCUT2D eigenvalue weighted by Crippen LogP contribution is -2.39. The van der Waals surface area contributed by atoms with E-state index in [0.717, 1.165) is 36.5 Å². The maximum Gasteiger partial charge on any atom is 0.254 e. The molecule has 0 bridgehead atoms. The first kappa shape index (κ1) is 18.3. The molecule has 1 unspecified atom stereocenters. The van der Waals surface area contributed by atoms with Crippen LogP contribution in [0.3, 0.4) is 0 Å². The molecule has 3 rings (SSSR count). The Hall–Kier alpha value is -2.50. The molecule has 1 aromatic carbocycles. The second-order valence-corrected chi connectivity index (χ2v) is 6.96. The summed E-state index contributed by atoms with van der Waals surface area (Å²) in [7, 11) is 1.58. The van der Waals surface area contributed by atoms with Crippen molar-refractivity contribution >= 4 is 5.91 Å². The Morgan fingerprint density at radius 2 is 2.15 bits per heavy atom. The minimum Gasteiger partial charge on any atom is -0.493 e. The fraction of sp³-hybridized carbons (Fsp3) is 0.500. The normalized spacial score (nSPS) is 17.2. The van der Waals surface area contributed by atoms with Gasteiger partial charge in [0.2, 0.25) is 0 Å². The second kappa shape index (κ2) is 7.81. The number of carbonyl (C=O) groups is 1. The van der Waals surface area contributed by atoms with E-state index in [9.17, 15) is 4.79 Å². The summed E-state index contributed by atoms with van der Waals surface area (Å²) in [5, 5.41) is 3.93. The molecule has 1 atom stereocenters. The van der Waals surface area contributed by atoms with E-state index in [2.05, 4.69) is 12.1 Å². The maximum absolute atomic E-state index is 12.8. The first-order chi connectivity index (χ1) is 12.5. The summed E-state index contributed by atoms with van der Waals surface area (Å²) in [5.41, 5.74) is 2.36. The van der Waals surface area contributed by atoms with Crippen molar-refractivity contribution in [2.45, 2.75) is 40.2 Å². The molecule has 6 heteroatoms. The second-order valence-electron chi connectivity index (χ2n) is 6.96. The van der Waals surface area contributed by atoms with Gasteiger partial charge in [-0.15, -0.1) is 0 Å². The first-order valence-corrected chi connectivity index (χ1v) is 9.01. The lowest BCUT2D eigenvalue weighted by molar-refractivity contribution is 0.0682. The van der Waals surface area contributed by atoms with Crippen molar-refractivity contribution in [3.8, 4) is 11.5 Å². The van der Waals surface area contributed by atoms with E-state index < -0.39 is 0 Å². The summed E-state index contributed by atoms with van der Waals surface area (Å²) in [6, 6.07) is 5.34. The molecule has 1 aliphatic heterocycles. The number of aryl methyl sites for hydroxylation is 2. The molecule has 0 spiro atoms. The standard InChI is InChI=1S/C20H26N2O4/c1-13-6-5-9-22(11-13)20(23)16-7-8-18(19(10-16)24-4)25-12-17-14(2)21-26-15(17)3/h7-8,10,13H,5-6,9,11-12H2,1-4H3. The summed E-state index contributed by atoms with van der Waals surface area (Å²) < 4.78 is 16.5. The molecule has 0 N–H and O–H groups in total. The Bertz CT molecular complexity index is 765. The Morgan fingerprint density at radius 3 is 2.81 bits per heavy atom. The summed E-state index contributed by atoms with van der Waals surface area (Å²) >= 11 is 0. The van der Waals surface area contributed by atoms with E-state index in [1.165, 1.54) is 6.42 Å². The van der Waals surface area contributed by atoms with Crippen LogP contribution in [0.15, 0.2) is 22.7 Å². The van der Waals surface area contributed by atoms with Crippen LogP contribution in [0.25, 0.3) is 0 Å². The van der Waals surface area contributed by atoms with Crippen molar-refractivity contribution in [3.05, 3.63) is 40.8 Å². The zero-order chi connectivity index (χ0) is 18.7. The van der Waals surface area contributed by atoms with Crippen LogP contribution in [0.1, 0.15) is 47.1 Å². The summed E-state index contributed by atoms with van der Waals surface area (Å²) in [4.78, 5) is 14.7. The third-order valence-corrected chi connectivity index (χ3v) is 4.91. The van der Waals surface area contributed by atoms with Gasteiger partial charge in [0, 0.05) is 18.7 Å². The van der Waals surface area contributed by atoms with Crippen LogP contribution in [0, 0.1) is 19.8 Å². The van der Waals surface area contributed by atoms with Gasteiger partial charge in [-0.1, -0.05) is 12.1 Å². The number of carbonyl (C=O) groups excluding carboxylic acids is 1. The van der Waals surface area contributed by atoms with Crippen LogP contribution in [-0.4, -0.2) is 36.2 Å². The summed E-state index contributed by atoms with van der Waals surface area (Å²) in [5.74, 6) is 2.48. The van der Waals surface area contributed by atoms with Crippen LogP contribution < -0.4 is 9.47 Å². The SMILES string of the molecule is COc1cc(C(=O)N2CCCC(C)C2)ccc1OCc1c(C)noc1C. The van der Waals surface area contributed by atoms with Crippen molar-refractivity contribution in [1.82, 2.24) is 10.1 Å². The monoisotopic (exact) mass is 358 g/mol. The Kier molecular flexibility index (Phi) is 5.49. The molecule has 2 aromatic rings. The minimum atomic E-state index is 0.0483. The molecule has 1 fully saturated rings. The van der Waals surface area contributed by atoms with E-state index in [1.54, 1.807) is 25.3 Å². The highest BCUT2D eigenvalue weighted by Crippen LogP contribution is 2.30. The number of ether oxygens (including phenoxy) is 2. The molecule has 2 heterocycles. The fourth-order valence-corrected chi connectivity index (χ4v) is 3.33. The molecule has 0 radical (unpaired) electrons.